The van der Waals surface area contributed by atoms with Gasteiger partial charge < -0.3 is 73.3 Å². The van der Waals surface area contributed by atoms with Gasteiger partial charge >= 0.3 is 53.7 Å². The van der Waals surface area contributed by atoms with Gasteiger partial charge in [-0.2, -0.15) is 0 Å². The molecule has 0 atom stereocenters. The van der Waals surface area contributed by atoms with Crippen molar-refractivity contribution in [2.45, 2.75) is 187 Å². The Kier molecular flexibility index (Phi) is 38.9. The minimum atomic E-state index is -1.67. The van der Waals surface area contributed by atoms with E-state index in [2.05, 4.69) is 0 Å². The number of esters is 9. The zero-order valence-electron chi connectivity index (χ0n) is 55.9. The van der Waals surface area contributed by atoms with Crippen LogP contribution in [0.25, 0.3) is 0 Å². The van der Waals surface area contributed by atoms with Crippen molar-refractivity contribution in [1.82, 2.24) is 0 Å². The summed E-state index contributed by atoms with van der Waals surface area (Å²) < 4.78 is 50.9. The van der Waals surface area contributed by atoms with Crippen LogP contribution in [0.3, 0.4) is 0 Å². The van der Waals surface area contributed by atoms with Crippen LogP contribution in [0.5, 0.6) is 17.2 Å². The summed E-state index contributed by atoms with van der Waals surface area (Å²) in [5.74, 6) is -6.05. The fraction of sp³-hybridized carbons (Fsp3) is 0.620. The molecule has 3 aromatic rings. The van der Waals surface area contributed by atoms with E-state index in [0.29, 0.717) is 132 Å². The Hall–Kier alpha value is -7.35. The van der Waals surface area contributed by atoms with E-state index in [1.165, 1.54) is 57.2 Å². The number of aliphatic hydroxyl groups is 6. The molecule has 95 heavy (non-hydrogen) atoms. The molecular formula is C71H102O24. The van der Waals surface area contributed by atoms with Gasteiger partial charge in [-0.3, -0.25) is 43.2 Å². The molecule has 0 aromatic heterocycles. The van der Waals surface area contributed by atoms with Crippen molar-refractivity contribution in [3.05, 3.63) is 89.5 Å². The third-order valence-corrected chi connectivity index (χ3v) is 15.9. The second-order valence-electron chi connectivity index (χ2n) is 24.7. The van der Waals surface area contributed by atoms with Crippen molar-refractivity contribution >= 4 is 53.7 Å². The molecule has 24 heteroatoms. The van der Waals surface area contributed by atoms with E-state index in [1.807, 2.05) is 6.92 Å². The molecule has 3 rings (SSSR count). The molecule has 3 aromatic carbocycles. The maximum absolute atomic E-state index is 14.2. The molecule has 0 spiro atoms. The molecule has 6 N–H and O–H groups in total. The Morgan fingerprint density at radius 2 is 0.432 bits per heavy atom. The summed E-state index contributed by atoms with van der Waals surface area (Å²) in [6.07, 6.45) is 9.22. The molecule has 0 unspecified atom stereocenters. The zero-order valence-corrected chi connectivity index (χ0v) is 55.9. The summed E-state index contributed by atoms with van der Waals surface area (Å²) in [5, 5.41) is 55.0. The number of rotatable bonds is 51. The molecule has 0 aliphatic rings. The summed E-state index contributed by atoms with van der Waals surface area (Å²) in [6, 6.07) is 19.4. The molecular weight excluding hydrogens is 1240 g/mol. The lowest BCUT2D eigenvalue weighted by Gasteiger charge is -2.32. The van der Waals surface area contributed by atoms with Crippen molar-refractivity contribution in [3.63, 3.8) is 0 Å². The number of carbonyl (C=O) groups is 9. The van der Waals surface area contributed by atoms with Crippen molar-refractivity contribution in [3.8, 4) is 17.2 Å². The van der Waals surface area contributed by atoms with Gasteiger partial charge in [0.25, 0.3) is 0 Å². The van der Waals surface area contributed by atoms with Crippen molar-refractivity contribution in [1.29, 1.82) is 0 Å². The lowest BCUT2D eigenvalue weighted by Crippen LogP contribution is -2.42. The van der Waals surface area contributed by atoms with Crippen LogP contribution in [0, 0.1) is 16.2 Å². The van der Waals surface area contributed by atoms with E-state index in [1.54, 1.807) is 36.4 Å². The van der Waals surface area contributed by atoms with Crippen LogP contribution in [0.1, 0.15) is 198 Å². The Morgan fingerprint density at radius 3 is 0.589 bits per heavy atom. The third kappa shape index (κ3) is 30.5. The molecule has 0 aliphatic heterocycles. The van der Waals surface area contributed by atoms with Gasteiger partial charge in [0.1, 0.15) is 73.1 Å². The number of hydrogen-bond donors (Lipinski definition) is 6. The fourth-order valence-corrected chi connectivity index (χ4v) is 9.46. The number of benzene rings is 3. The minimum Gasteiger partial charge on any atom is -0.464 e. The average molecular weight is 1340 g/mol. The highest BCUT2D eigenvalue weighted by Crippen LogP contribution is 2.41. The molecule has 530 valence electrons. The van der Waals surface area contributed by atoms with Crippen LogP contribution in [0.15, 0.2) is 72.8 Å². The number of hydrogen-bond acceptors (Lipinski definition) is 24. The third-order valence-electron chi connectivity index (χ3n) is 15.9. The van der Waals surface area contributed by atoms with Crippen molar-refractivity contribution in [2.24, 2.45) is 16.2 Å². The highest BCUT2D eigenvalue weighted by Gasteiger charge is 2.42. The van der Waals surface area contributed by atoms with Gasteiger partial charge in [-0.1, -0.05) is 74.9 Å². The maximum Gasteiger partial charge on any atom is 0.324 e. The lowest BCUT2D eigenvalue weighted by molar-refractivity contribution is -0.166. The van der Waals surface area contributed by atoms with Crippen LogP contribution < -0.4 is 14.2 Å². The topological polar surface area (TPSA) is 358 Å². The number of unbranched alkanes of at least 4 members (excludes halogenated alkanes) is 12. The predicted octanol–water partition coefficient (Wildman–Crippen LogP) is 8.35. The van der Waals surface area contributed by atoms with Crippen molar-refractivity contribution < 1.29 is 116 Å². The Bertz CT molecular complexity index is 2400. The van der Waals surface area contributed by atoms with Crippen molar-refractivity contribution in [2.75, 3.05) is 79.3 Å². The Balaban J connectivity index is 2.09. The normalized spacial score (nSPS) is 11.7. The fourth-order valence-electron chi connectivity index (χ4n) is 9.46. The molecule has 0 aliphatic carbocycles. The van der Waals surface area contributed by atoms with Gasteiger partial charge in [0, 0.05) is 83.6 Å². The standard InChI is InChI=1S/C71H102O24/c1-68(47-87-59(78)23-11-5-17-41-72,48-88-60(79)24-12-6-18-42-73)65(84)93-56-35-29-53(30-36-56)71(4,54-31-37-57(38-32-54)94-66(85)69(2,49-89-61(80)25-13-7-19-43-74)50-90-62(81)26-14-8-20-44-75)55-33-39-58(40-34-55)95-67(86)70(3,51-91-63(82)27-15-9-21-45-76)52-92-64(83)28-16-10-22-46-77/h29-40,72-77H,5-28,41-52H2,1-4H3. The van der Waals surface area contributed by atoms with Gasteiger partial charge in [-0.25, -0.2) is 0 Å². The van der Waals surface area contributed by atoms with E-state index < -0.39 is 115 Å². The van der Waals surface area contributed by atoms with E-state index in [4.69, 9.17) is 73.3 Å². The molecule has 0 amide bonds. The number of aliphatic hydroxyl groups excluding tert-OH is 6. The number of ether oxygens (including phenoxy) is 9. The second-order valence-corrected chi connectivity index (χ2v) is 24.7. The predicted molar refractivity (Wildman–Crippen MR) is 345 cm³/mol. The summed E-state index contributed by atoms with van der Waals surface area (Å²) in [4.78, 5) is 119. The van der Waals surface area contributed by atoms with Crippen LogP contribution in [0.2, 0.25) is 0 Å². The molecule has 0 radical (unpaired) electrons. The van der Waals surface area contributed by atoms with E-state index >= 15 is 0 Å². The first-order valence-corrected chi connectivity index (χ1v) is 33.1. The first-order chi connectivity index (χ1) is 45.5. The van der Waals surface area contributed by atoms with Crippen LogP contribution in [-0.4, -0.2) is 164 Å². The van der Waals surface area contributed by atoms with Crippen LogP contribution in [0.4, 0.5) is 0 Å². The van der Waals surface area contributed by atoms with Gasteiger partial charge in [0.15, 0.2) is 0 Å². The highest BCUT2D eigenvalue weighted by atomic mass is 16.6. The molecule has 0 saturated heterocycles. The molecule has 0 heterocycles. The average Bonchev–Trinajstić information content (AvgIpc) is 0.764. The minimum absolute atomic E-state index is 0.0237. The quantitative estimate of drug-likeness (QED) is 0.0102. The molecule has 0 bridgehead atoms. The summed E-state index contributed by atoms with van der Waals surface area (Å²) in [6.45, 7) is 3.06. The van der Waals surface area contributed by atoms with E-state index in [0.717, 1.165) is 0 Å². The second kappa shape index (κ2) is 45.2. The van der Waals surface area contributed by atoms with Crippen LogP contribution in [-0.2, 0) is 77.0 Å². The zero-order chi connectivity index (χ0) is 70.0. The maximum atomic E-state index is 14.2. The van der Waals surface area contributed by atoms with E-state index in [-0.39, 0.29) is 95.4 Å². The first kappa shape index (κ1) is 81.9. The molecule has 0 fully saturated rings. The summed E-state index contributed by atoms with van der Waals surface area (Å²) in [7, 11) is 0. The lowest BCUT2D eigenvalue weighted by atomic mass is 9.71. The van der Waals surface area contributed by atoms with Gasteiger partial charge in [-0.05, 0) is 158 Å². The van der Waals surface area contributed by atoms with E-state index in [9.17, 15) is 43.2 Å². The van der Waals surface area contributed by atoms with Crippen LogP contribution >= 0.6 is 0 Å². The first-order valence-electron chi connectivity index (χ1n) is 33.1. The molecule has 0 saturated carbocycles. The SMILES string of the molecule is CC(COC(=O)CCCCCO)(COC(=O)CCCCCO)C(=O)Oc1ccc(C(C)(c2ccc(OC(=O)C(C)(COC(=O)CCCCCO)COC(=O)CCCCCO)cc2)c2ccc(OC(=O)C(C)(COC(=O)CCCCCO)COC(=O)CCCCCO)cc2)cc1. The Labute approximate surface area is 557 Å². The Morgan fingerprint density at radius 1 is 0.263 bits per heavy atom. The summed E-state index contributed by atoms with van der Waals surface area (Å²) in [5.41, 5.74) is -4.35. The van der Waals surface area contributed by atoms with Gasteiger partial charge in [0.05, 0.1) is 0 Å². The van der Waals surface area contributed by atoms with Gasteiger partial charge in [0.2, 0.25) is 0 Å². The monoisotopic (exact) mass is 1340 g/mol. The smallest absolute Gasteiger partial charge is 0.324 e. The number of carbonyl (C=O) groups excluding carboxylic acids is 9. The summed E-state index contributed by atoms with van der Waals surface area (Å²) >= 11 is 0. The molecule has 24 nitrogen and oxygen atoms in total. The largest absolute Gasteiger partial charge is 0.464 e. The van der Waals surface area contributed by atoms with Gasteiger partial charge in [-0.15, -0.1) is 0 Å². The highest BCUT2D eigenvalue weighted by molar-refractivity contribution is 5.82.